The minimum atomic E-state index is -0.872. The number of anilines is 1. The van der Waals surface area contributed by atoms with E-state index < -0.39 is 23.5 Å². The Bertz CT molecular complexity index is 749. The third kappa shape index (κ3) is 2.92. The van der Waals surface area contributed by atoms with Gasteiger partial charge < -0.3 is 10.6 Å². The van der Waals surface area contributed by atoms with Gasteiger partial charge in [0, 0.05) is 18.9 Å². The fraction of sp³-hybridized carbons (Fsp3) is 0.235. The van der Waals surface area contributed by atoms with Crippen LogP contribution in [0.1, 0.15) is 12.8 Å². The molecule has 5 nitrogen and oxygen atoms in total. The van der Waals surface area contributed by atoms with Crippen LogP contribution in [-0.2, 0) is 9.59 Å². The van der Waals surface area contributed by atoms with Crippen LogP contribution in [0.2, 0.25) is 0 Å². The Morgan fingerprint density at radius 3 is 2.61 bits per heavy atom. The second-order valence-electron chi connectivity index (χ2n) is 5.49. The van der Waals surface area contributed by atoms with E-state index in [4.69, 9.17) is 5.73 Å². The van der Waals surface area contributed by atoms with Crippen LogP contribution in [0.25, 0.3) is 11.1 Å². The van der Waals surface area contributed by atoms with Crippen LogP contribution in [0, 0.1) is 11.7 Å². The Labute approximate surface area is 132 Å². The number of aromatic nitrogens is 1. The highest BCUT2D eigenvalue weighted by Gasteiger charge is 2.34. The Balaban J connectivity index is 1.92. The molecule has 2 aromatic rings. The van der Waals surface area contributed by atoms with Crippen molar-refractivity contribution in [2.45, 2.75) is 12.8 Å². The molecule has 2 heterocycles. The molecule has 6 heteroatoms. The SMILES string of the molecule is NC(=O)C1CCCN(c2ccc(-c3ccncc3)cc2F)C1=O. The van der Waals surface area contributed by atoms with E-state index in [1.807, 2.05) is 0 Å². The molecule has 0 aliphatic carbocycles. The molecule has 23 heavy (non-hydrogen) atoms. The quantitative estimate of drug-likeness (QED) is 0.882. The molecule has 1 aliphatic rings. The molecular weight excluding hydrogens is 297 g/mol. The fourth-order valence-corrected chi connectivity index (χ4v) is 2.83. The lowest BCUT2D eigenvalue weighted by molar-refractivity contribution is -0.133. The number of pyridine rings is 1. The van der Waals surface area contributed by atoms with Crippen LogP contribution >= 0.6 is 0 Å². The number of hydrogen-bond acceptors (Lipinski definition) is 3. The number of amides is 2. The first kappa shape index (κ1) is 15.1. The first-order chi connectivity index (χ1) is 11.1. The molecule has 1 atom stereocenters. The van der Waals surface area contributed by atoms with E-state index >= 15 is 0 Å². The maximum atomic E-state index is 14.5. The number of hydrogen-bond donors (Lipinski definition) is 1. The van der Waals surface area contributed by atoms with Crippen LogP contribution in [0.15, 0.2) is 42.7 Å². The van der Waals surface area contributed by atoms with Gasteiger partial charge in [-0.1, -0.05) is 6.07 Å². The monoisotopic (exact) mass is 313 g/mol. The van der Waals surface area contributed by atoms with E-state index in [9.17, 15) is 14.0 Å². The third-order valence-electron chi connectivity index (χ3n) is 4.03. The number of halogens is 1. The molecule has 1 unspecified atom stereocenters. The van der Waals surface area contributed by atoms with Gasteiger partial charge in [-0.15, -0.1) is 0 Å². The number of carbonyl (C=O) groups excluding carboxylic acids is 2. The minimum Gasteiger partial charge on any atom is -0.369 e. The lowest BCUT2D eigenvalue weighted by Gasteiger charge is -2.31. The number of nitrogens with two attached hydrogens (primary N) is 1. The Morgan fingerprint density at radius 2 is 1.96 bits per heavy atom. The highest BCUT2D eigenvalue weighted by Crippen LogP contribution is 2.30. The first-order valence-corrected chi connectivity index (χ1v) is 7.38. The lowest BCUT2D eigenvalue weighted by Crippen LogP contribution is -2.46. The number of piperidine rings is 1. The molecule has 1 aliphatic heterocycles. The number of carbonyl (C=O) groups is 2. The average molecular weight is 313 g/mol. The topological polar surface area (TPSA) is 76.3 Å². The van der Waals surface area contributed by atoms with E-state index in [0.717, 1.165) is 5.56 Å². The standard InChI is InChI=1S/C17H16FN3O2/c18-14-10-12(11-5-7-20-8-6-11)3-4-15(14)21-9-1-2-13(16(19)22)17(21)23/h3-8,10,13H,1-2,9H2,(H2,19,22). The molecule has 0 bridgehead atoms. The molecule has 118 valence electrons. The van der Waals surface area contributed by atoms with Crippen LogP contribution < -0.4 is 10.6 Å². The minimum absolute atomic E-state index is 0.179. The molecule has 2 amide bonds. The second-order valence-corrected chi connectivity index (χ2v) is 5.49. The van der Waals surface area contributed by atoms with Crippen molar-refractivity contribution in [3.63, 3.8) is 0 Å². The molecule has 1 aromatic carbocycles. The third-order valence-corrected chi connectivity index (χ3v) is 4.03. The van der Waals surface area contributed by atoms with E-state index in [2.05, 4.69) is 4.98 Å². The summed E-state index contributed by atoms with van der Waals surface area (Å²) in [6.45, 7) is 0.383. The van der Waals surface area contributed by atoms with Crippen LogP contribution in [-0.4, -0.2) is 23.3 Å². The summed E-state index contributed by atoms with van der Waals surface area (Å²) in [5.74, 6) is -2.46. The van der Waals surface area contributed by atoms with Gasteiger partial charge in [0.15, 0.2) is 0 Å². The van der Waals surface area contributed by atoms with Gasteiger partial charge >= 0.3 is 0 Å². The van der Waals surface area contributed by atoms with Crippen LogP contribution in [0.3, 0.4) is 0 Å². The van der Waals surface area contributed by atoms with E-state index in [-0.39, 0.29) is 5.69 Å². The molecule has 0 saturated carbocycles. The van der Waals surface area contributed by atoms with Gasteiger partial charge in [-0.25, -0.2) is 4.39 Å². The number of rotatable bonds is 3. The molecule has 0 spiro atoms. The lowest BCUT2D eigenvalue weighted by atomic mass is 9.95. The van der Waals surface area contributed by atoms with Gasteiger partial charge in [-0.2, -0.15) is 0 Å². The smallest absolute Gasteiger partial charge is 0.239 e. The normalized spacial score (nSPS) is 18.0. The largest absolute Gasteiger partial charge is 0.369 e. The molecule has 1 fully saturated rings. The summed E-state index contributed by atoms with van der Waals surface area (Å²) < 4.78 is 14.5. The zero-order chi connectivity index (χ0) is 16.4. The van der Waals surface area contributed by atoms with Gasteiger partial charge in [0.05, 0.1) is 5.69 Å². The molecule has 3 rings (SSSR count). The number of nitrogens with zero attached hydrogens (tertiary/aromatic N) is 2. The molecule has 0 radical (unpaired) electrons. The maximum Gasteiger partial charge on any atom is 0.239 e. The van der Waals surface area contributed by atoms with E-state index in [1.165, 1.54) is 11.0 Å². The van der Waals surface area contributed by atoms with Crippen LogP contribution in [0.4, 0.5) is 10.1 Å². The van der Waals surface area contributed by atoms with Gasteiger partial charge in [0.25, 0.3) is 0 Å². The molecule has 1 saturated heterocycles. The highest BCUT2D eigenvalue weighted by molar-refractivity contribution is 6.08. The van der Waals surface area contributed by atoms with Crippen molar-refractivity contribution in [3.05, 3.63) is 48.5 Å². The summed E-state index contributed by atoms with van der Waals surface area (Å²) in [5, 5.41) is 0. The Kier molecular flexibility index (Phi) is 4.06. The summed E-state index contributed by atoms with van der Waals surface area (Å²) in [7, 11) is 0. The second kappa shape index (κ2) is 6.16. The highest BCUT2D eigenvalue weighted by atomic mass is 19.1. The molecule has 2 N–H and O–H groups in total. The van der Waals surface area contributed by atoms with Crippen molar-refractivity contribution in [3.8, 4) is 11.1 Å². The first-order valence-electron chi connectivity index (χ1n) is 7.38. The predicted octanol–water partition coefficient (Wildman–Crippen LogP) is 2.12. The van der Waals surface area contributed by atoms with Crippen molar-refractivity contribution in [2.24, 2.45) is 11.7 Å². The maximum absolute atomic E-state index is 14.5. The van der Waals surface area contributed by atoms with Gasteiger partial charge in [0.2, 0.25) is 11.8 Å². The zero-order valence-electron chi connectivity index (χ0n) is 12.4. The summed E-state index contributed by atoms with van der Waals surface area (Å²) in [6.07, 6.45) is 4.30. The van der Waals surface area contributed by atoms with Crippen molar-refractivity contribution in [1.29, 1.82) is 0 Å². The zero-order valence-corrected chi connectivity index (χ0v) is 12.4. The summed E-state index contributed by atoms with van der Waals surface area (Å²) in [6, 6.07) is 8.25. The predicted molar refractivity (Wildman–Crippen MR) is 83.9 cm³/mol. The van der Waals surface area contributed by atoms with Crippen molar-refractivity contribution in [2.75, 3.05) is 11.4 Å². The van der Waals surface area contributed by atoms with Crippen LogP contribution in [0.5, 0.6) is 0 Å². The van der Waals surface area contributed by atoms with E-state index in [1.54, 1.807) is 36.7 Å². The van der Waals surface area contributed by atoms with Gasteiger partial charge in [0.1, 0.15) is 11.7 Å². The summed E-state index contributed by atoms with van der Waals surface area (Å²) in [5.41, 5.74) is 6.97. The summed E-state index contributed by atoms with van der Waals surface area (Å²) >= 11 is 0. The molecular formula is C17H16FN3O2. The van der Waals surface area contributed by atoms with E-state index in [0.29, 0.717) is 24.9 Å². The Morgan fingerprint density at radius 1 is 1.22 bits per heavy atom. The van der Waals surface area contributed by atoms with Crippen molar-refractivity contribution in [1.82, 2.24) is 4.98 Å². The van der Waals surface area contributed by atoms with Gasteiger partial charge in [-0.3, -0.25) is 14.6 Å². The fourth-order valence-electron chi connectivity index (χ4n) is 2.83. The number of benzene rings is 1. The molecule has 1 aromatic heterocycles. The van der Waals surface area contributed by atoms with Crippen molar-refractivity contribution < 1.29 is 14.0 Å². The average Bonchev–Trinajstić information content (AvgIpc) is 2.56. The Hall–Kier alpha value is -2.76. The van der Waals surface area contributed by atoms with Crippen molar-refractivity contribution >= 4 is 17.5 Å². The summed E-state index contributed by atoms with van der Waals surface area (Å²) in [4.78, 5) is 28.9. The van der Waals surface area contributed by atoms with Gasteiger partial charge in [-0.05, 0) is 48.2 Å². The number of primary amides is 1.